The molecular formula is C25H32F3N3O6. The Hall–Kier alpha value is -3.67. The maximum atomic E-state index is 12.3. The van der Waals surface area contributed by atoms with E-state index in [1.807, 2.05) is 42.5 Å². The molecule has 37 heavy (non-hydrogen) atoms. The fraction of sp³-hybridized carbons (Fsp3) is 0.440. The number of carbonyl (C=O) groups excluding carboxylic acids is 2. The zero-order chi connectivity index (χ0) is 27.8. The zero-order valence-electron chi connectivity index (χ0n) is 20.8. The van der Waals surface area contributed by atoms with Crippen LogP contribution in [0, 0.1) is 5.92 Å². The molecule has 0 fully saturated rings. The molecule has 0 aliphatic rings. The number of esters is 1. The van der Waals surface area contributed by atoms with E-state index in [9.17, 15) is 22.8 Å². The number of rotatable bonds is 11. The third kappa shape index (κ3) is 13.9. The fourth-order valence-electron chi connectivity index (χ4n) is 3.11. The summed E-state index contributed by atoms with van der Waals surface area (Å²) >= 11 is 0. The first-order chi connectivity index (χ1) is 17.4. The minimum Gasteiger partial charge on any atom is -0.475 e. The first kappa shape index (κ1) is 31.4. The number of nitrogens with one attached hydrogen (secondary N) is 2. The van der Waals surface area contributed by atoms with E-state index in [0.29, 0.717) is 18.9 Å². The van der Waals surface area contributed by atoms with Gasteiger partial charge in [0.05, 0.1) is 7.11 Å². The molecule has 2 aromatic rings. The summed E-state index contributed by atoms with van der Waals surface area (Å²) in [4.78, 5) is 37.5. The standard InChI is InChI=1S/C23H31N3O4.C2HF3O2/c1-17(2)12-20(26-23(28)30-16-18-8-5-4-6-9-18)15-25-21(22(27)29-3)13-19-10-7-11-24-14-19;3-2(4,5)1(6)7/h4-11,14,17,20-21,25H,12-13,15-16H2,1-3H3,(H,26,28);(H,6,7)/t20-,21-;/m0./s1. The molecule has 0 aliphatic carbocycles. The van der Waals surface area contributed by atoms with Crippen LogP contribution in [0.25, 0.3) is 0 Å². The number of aromatic nitrogens is 1. The molecule has 12 heteroatoms. The van der Waals surface area contributed by atoms with Crippen LogP contribution in [0.1, 0.15) is 31.4 Å². The number of carboxylic acids is 1. The lowest BCUT2D eigenvalue weighted by atomic mass is 10.0. The SMILES string of the molecule is COC(=O)[C@H](Cc1cccnc1)NC[C@H](CC(C)C)NC(=O)OCc1ccccc1.O=C(O)C(F)(F)F. The molecule has 0 bridgehead atoms. The minimum absolute atomic E-state index is 0.186. The number of aliphatic carboxylic acids is 1. The molecule has 3 N–H and O–H groups in total. The van der Waals surface area contributed by atoms with E-state index >= 15 is 0 Å². The van der Waals surface area contributed by atoms with Gasteiger partial charge in [-0.1, -0.05) is 50.2 Å². The van der Waals surface area contributed by atoms with Crippen molar-refractivity contribution in [1.82, 2.24) is 15.6 Å². The number of hydrogen-bond acceptors (Lipinski definition) is 7. The molecule has 0 saturated heterocycles. The zero-order valence-corrected chi connectivity index (χ0v) is 20.8. The summed E-state index contributed by atoms with van der Waals surface area (Å²) in [5.74, 6) is -2.75. The van der Waals surface area contributed by atoms with Gasteiger partial charge in [0.2, 0.25) is 0 Å². The molecule has 0 saturated carbocycles. The highest BCUT2D eigenvalue weighted by Gasteiger charge is 2.38. The van der Waals surface area contributed by atoms with Crippen molar-refractivity contribution in [3.63, 3.8) is 0 Å². The largest absolute Gasteiger partial charge is 0.490 e. The number of alkyl halides is 3. The lowest BCUT2D eigenvalue weighted by Crippen LogP contribution is -2.48. The molecule has 1 heterocycles. The summed E-state index contributed by atoms with van der Waals surface area (Å²) in [6.45, 7) is 4.79. The minimum atomic E-state index is -5.08. The van der Waals surface area contributed by atoms with E-state index in [4.69, 9.17) is 19.4 Å². The van der Waals surface area contributed by atoms with Crippen LogP contribution >= 0.6 is 0 Å². The Morgan fingerprint density at radius 3 is 2.19 bits per heavy atom. The van der Waals surface area contributed by atoms with E-state index in [0.717, 1.165) is 17.5 Å². The van der Waals surface area contributed by atoms with E-state index in [-0.39, 0.29) is 18.6 Å². The quantitative estimate of drug-likeness (QED) is 0.378. The van der Waals surface area contributed by atoms with Gasteiger partial charge in [0.25, 0.3) is 0 Å². The average molecular weight is 528 g/mol. The number of halogens is 3. The number of benzene rings is 1. The number of hydrogen-bond donors (Lipinski definition) is 3. The lowest BCUT2D eigenvalue weighted by molar-refractivity contribution is -0.192. The molecule has 1 amide bonds. The van der Waals surface area contributed by atoms with Gasteiger partial charge in [0.15, 0.2) is 0 Å². The molecule has 1 aromatic heterocycles. The second-order valence-electron chi connectivity index (χ2n) is 8.38. The van der Waals surface area contributed by atoms with Crippen LogP contribution in [0.4, 0.5) is 18.0 Å². The smallest absolute Gasteiger partial charge is 0.475 e. The van der Waals surface area contributed by atoms with E-state index in [1.54, 1.807) is 12.4 Å². The Balaban J connectivity index is 0.000000856. The molecule has 0 radical (unpaired) electrons. The summed E-state index contributed by atoms with van der Waals surface area (Å²) in [5.41, 5.74) is 1.85. The maximum absolute atomic E-state index is 12.3. The van der Waals surface area contributed by atoms with Crippen molar-refractivity contribution >= 4 is 18.0 Å². The Morgan fingerprint density at radius 1 is 1.05 bits per heavy atom. The highest BCUT2D eigenvalue weighted by molar-refractivity contribution is 5.76. The Morgan fingerprint density at radius 2 is 1.68 bits per heavy atom. The highest BCUT2D eigenvalue weighted by Crippen LogP contribution is 2.13. The number of carbonyl (C=O) groups is 3. The monoisotopic (exact) mass is 527 g/mol. The number of methoxy groups -OCH3 is 1. The summed E-state index contributed by atoms with van der Waals surface area (Å²) in [5, 5.41) is 13.3. The second-order valence-corrected chi connectivity index (χ2v) is 8.38. The summed E-state index contributed by atoms with van der Waals surface area (Å²) in [6, 6.07) is 12.5. The number of nitrogens with zero attached hydrogens (tertiary/aromatic N) is 1. The van der Waals surface area contributed by atoms with Gasteiger partial charge in [0.1, 0.15) is 12.6 Å². The van der Waals surface area contributed by atoms with Crippen molar-refractivity contribution in [2.75, 3.05) is 13.7 Å². The van der Waals surface area contributed by atoms with E-state index in [2.05, 4.69) is 29.5 Å². The molecule has 0 spiro atoms. The van der Waals surface area contributed by atoms with Crippen LogP contribution in [0.3, 0.4) is 0 Å². The molecule has 204 valence electrons. The molecule has 2 atom stereocenters. The predicted octanol–water partition coefficient (Wildman–Crippen LogP) is 3.73. The Kier molecular flexibility index (Phi) is 13.7. The van der Waals surface area contributed by atoms with Crippen molar-refractivity contribution < 1.29 is 42.1 Å². The van der Waals surface area contributed by atoms with Crippen molar-refractivity contribution in [3.8, 4) is 0 Å². The second kappa shape index (κ2) is 16.1. The van der Waals surface area contributed by atoms with Gasteiger partial charge in [-0.2, -0.15) is 13.2 Å². The van der Waals surface area contributed by atoms with E-state index in [1.165, 1.54) is 7.11 Å². The van der Waals surface area contributed by atoms with Crippen molar-refractivity contribution in [2.24, 2.45) is 5.92 Å². The first-order valence-electron chi connectivity index (χ1n) is 11.4. The van der Waals surface area contributed by atoms with Crippen LogP contribution in [-0.4, -0.2) is 60.0 Å². The van der Waals surface area contributed by atoms with Crippen molar-refractivity contribution in [3.05, 3.63) is 66.0 Å². The van der Waals surface area contributed by atoms with E-state index < -0.39 is 24.3 Å². The highest BCUT2D eigenvalue weighted by atomic mass is 19.4. The van der Waals surface area contributed by atoms with Crippen LogP contribution in [0.15, 0.2) is 54.9 Å². The van der Waals surface area contributed by atoms with Crippen LogP contribution in [0.5, 0.6) is 0 Å². The Bertz CT molecular complexity index is 959. The maximum Gasteiger partial charge on any atom is 0.490 e. The number of amides is 1. The molecule has 9 nitrogen and oxygen atoms in total. The summed E-state index contributed by atoms with van der Waals surface area (Å²) in [6.07, 6.45) is -0.953. The normalized spacial score (nSPS) is 12.5. The van der Waals surface area contributed by atoms with Crippen molar-refractivity contribution in [2.45, 2.75) is 51.6 Å². The third-order valence-electron chi connectivity index (χ3n) is 4.79. The van der Waals surface area contributed by atoms with Gasteiger partial charge >= 0.3 is 24.2 Å². The number of pyridine rings is 1. The molecule has 1 aromatic carbocycles. The lowest BCUT2D eigenvalue weighted by Gasteiger charge is -2.24. The summed E-state index contributed by atoms with van der Waals surface area (Å²) < 4.78 is 42.0. The van der Waals surface area contributed by atoms with Gasteiger partial charge in [0, 0.05) is 25.0 Å². The number of carboxylic acid groups (broad SMARTS) is 1. The summed E-state index contributed by atoms with van der Waals surface area (Å²) in [7, 11) is 1.37. The van der Waals surface area contributed by atoms with Gasteiger partial charge in [-0.25, -0.2) is 9.59 Å². The van der Waals surface area contributed by atoms with Crippen LogP contribution in [0.2, 0.25) is 0 Å². The molecule has 0 unspecified atom stereocenters. The first-order valence-corrected chi connectivity index (χ1v) is 11.4. The fourth-order valence-corrected chi connectivity index (χ4v) is 3.11. The van der Waals surface area contributed by atoms with Crippen LogP contribution in [-0.2, 0) is 32.1 Å². The predicted molar refractivity (Wildman–Crippen MR) is 128 cm³/mol. The molecular weight excluding hydrogens is 495 g/mol. The Labute approximate surface area is 213 Å². The van der Waals surface area contributed by atoms with Gasteiger partial charge in [-0.3, -0.25) is 9.78 Å². The number of alkyl carbamates (subject to hydrolysis) is 1. The third-order valence-corrected chi connectivity index (χ3v) is 4.79. The average Bonchev–Trinajstić information content (AvgIpc) is 2.85. The topological polar surface area (TPSA) is 127 Å². The van der Waals surface area contributed by atoms with Gasteiger partial charge in [-0.15, -0.1) is 0 Å². The number of ether oxygens (including phenoxy) is 2. The van der Waals surface area contributed by atoms with Gasteiger partial charge in [-0.05, 0) is 36.0 Å². The van der Waals surface area contributed by atoms with Gasteiger partial charge < -0.3 is 25.2 Å². The molecule has 0 aliphatic heterocycles. The van der Waals surface area contributed by atoms with Crippen LogP contribution < -0.4 is 10.6 Å². The molecule has 2 rings (SSSR count). The van der Waals surface area contributed by atoms with Crippen molar-refractivity contribution in [1.29, 1.82) is 0 Å².